The zero-order valence-electron chi connectivity index (χ0n) is 23.3. The van der Waals surface area contributed by atoms with Gasteiger partial charge in [-0.1, -0.05) is 43.7 Å². The van der Waals surface area contributed by atoms with E-state index in [-0.39, 0.29) is 17.6 Å². The predicted octanol–water partition coefficient (Wildman–Crippen LogP) is 6.26. The lowest BCUT2D eigenvalue weighted by Gasteiger charge is -2.33. The van der Waals surface area contributed by atoms with E-state index < -0.39 is 5.54 Å². The number of nitrogens with one attached hydrogen (secondary N) is 1. The number of allylic oxidation sites excluding steroid dienone is 1. The first-order valence-corrected chi connectivity index (χ1v) is 14.2. The van der Waals surface area contributed by atoms with Crippen LogP contribution in [0.3, 0.4) is 0 Å². The molecule has 4 rings (SSSR count). The Kier molecular flexibility index (Phi) is 9.68. The standard InChI is InChI=1S/C32H41FN4O2/c1-4-6-11-30(38)34-29-10-7-9-26(23-29)25-16-21-36(22-17-25)19-8-20-37-24(3)35-32(18-5-2,31(37)39)27-12-14-28(33)15-13-27/h4,7,9-10,12-15,23,25H,1,5-6,8,11,16-22H2,2-3H3,(H,34,38). The Hall–Kier alpha value is -3.32. The third-order valence-corrected chi connectivity index (χ3v) is 7.94. The van der Waals surface area contributed by atoms with Crippen LogP contribution in [-0.4, -0.2) is 53.6 Å². The van der Waals surface area contributed by atoms with Crippen LogP contribution in [0.25, 0.3) is 0 Å². The molecule has 1 unspecified atom stereocenters. The number of likely N-dealkylation sites (tertiary alicyclic amines) is 1. The smallest absolute Gasteiger partial charge is 0.260 e. The molecule has 2 aromatic carbocycles. The highest BCUT2D eigenvalue weighted by Gasteiger charge is 2.47. The van der Waals surface area contributed by atoms with Gasteiger partial charge in [0.25, 0.3) is 5.91 Å². The lowest BCUT2D eigenvalue weighted by atomic mass is 9.85. The Bertz CT molecular complexity index is 1190. The number of amides is 2. The summed E-state index contributed by atoms with van der Waals surface area (Å²) in [5, 5.41) is 3.00. The molecule has 1 saturated heterocycles. The van der Waals surface area contributed by atoms with Crippen LogP contribution in [0.4, 0.5) is 10.1 Å². The summed E-state index contributed by atoms with van der Waals surface area (Å²) < 4.78 is 13.5. The van der Waals surface area contributed by atoms with Crippen molar-refractivity contribution < 1.29 is 14.0 Å². The molecule has 2 heterocycles. The van der Waals surface area contributed by atoms with Gasteiger partial charge in [0.2, 0.25) is 5.91 Å². The molecule has 1 atom stereocenters. The molecule has 0 spiro atoms. The first kappa shape index (κ1) is 28.7. The lowest BCUT2D eigenvalue weighted by molar-refractivity contribution is -0.132. The van der Waals surface area contributed by atoms with Gasteiger partial charge < -0.3 is 10.2 Å². The van der Waals surface area contributed by atoms with Crippen molar-refractivity contribution in [2.75, 3.05) is 31.5 Å². The largest absolute Gasteiger partial charge is 0.326 e. The second-order valence-electron chi connectivity index (χ2n) is 10.7. The Labute approximate surface area is 232 Å². The molecule has 0 bridgehead atoms. The third kappa shape index (κ3) is 6.82. The van der Waals surface area contributed by atoms with Gasteiger partial charge in [-0.15, -0.1) is 6.58 Å². The zero-order chi connectivity index (χ0) is 27.8. The second kappa shape index (κ2) is 13.2. The fourth-order valence-electron chi connectivity index (χ4n) is 5.87. The quantitative estimate of drug-likeness (QED) is 0.328. The summed E-state index contributed by atoms with van der Waals surface area (Å²) in [7, 11) is 0. The van der Waals surface area contributed by atoms with E-state index in [0.29, 0.717) is 31.7 Å². The summed E-state index contributed by atoms with van der Waals surface area (Å²) in [6.45, 7) is 11.2. The number of anilines is 1. The summed E-state index contributed by atoms with van der Waals surface area (Å²) >= 11 is 0. The van der Waals surface area contributed by atoms with Crippen LogP contribution in [0.1, 0.15) is 75.8 Å². The Morgan fingerprint density at radius 3 is 2.62 bits per heavy atom. The molecule has 0 aliphatic carbocycles. The van der Waals surface area contributed by atoms with Crippen molar-refractivity contribution >= 4 is 23.3 Å². The lowest BCUT2D eigenvalue weighted by Crippen LogP contribution is -2.42. The normalized spacial score (nSPS) is 20.2. The molecule has 0 saturated carbocycles. The van der Waals surface area contributed by atoms with Crippen LogP contribution in [0.5, 0.6) is 0 Å². The van der Waals surface area contributed by atoms with Gasteiger partial charge in [0, 0.05) is 18.7 Å². The molecule has 6 nitrogen and oxygen atoms in total. The van der Waals surface area contributed by atoms with Crippen molar-refractivity contribution in [2.24, 2.45) is 4.99 Å². The number of halogens is 1. The molecule has 0 aromatic heterocycles. The molecule has 39 heavy (non-hydrogen) atoms. The minimum atomic E-state index is -0.940. The van der Waals surface area contributed by atoms with Gasteiger partial charge in [-0.25, -0.2) is 4.39 Å². The number of benzene rings is 2. The number of carbonyl (C=O) groups excluding carboxylic acids is 2. The van der Waals surface area contributed by atoms with Crippen LogP contribution in [0.15, 0.2) is 66.2 Å². The summed E-state index contributed by atoms with van der Waals surface area (Å²) in [6.07, 6.45) is 7.33. The van der Waals surface area contributed by atoms with Crippen molar-refractivity contribution in [3.8, 4) is 0 Å². The first-order chi connectivity index (χ1) is 18.9. The van der Waals surface area contributed by atoms with Gasteiger partial charge in [0.1, 0.15) is 11.7 Å². The SMILES string of the molecule is C=CCCC(=O)Nc1cccc(C2CCN(CCCN3C(=O)C(CCC)(c4ccc(F)cc4)N=C3C)CC2)c1. The summed E-state index contributed by atoms with van der Waals surface area (Å²) in [6, 6.07) is 14.4. The molecule has 2 amide bonds. The van der Waals surface area contributed by atoms with Gasteiger partial charge in [-0.3, -0.25) is 19.5 Å². The number of piperidine rings is 1. The Morgan fingerprint density at radius 2 is 1.92 bits per heavy atom. The monoisotopic (exact) mass is 532 g/mol. The second-order valence-corrected chi connectivity index (χ2v) is 10.7. The van der Waals surface area contributed by atoms with Crippen LogP contribution >= 0.6 is 0 Å². The molecule has 1 N–H and O–H groups in total. The van der Waals surface area contributed by atoms with E-state index in [4.69, 9.17) is 4.99 Å². The Balaban J connectivity index is 1.27. The Morgan fingerprint density at radius 1 is 1.18 bits per heavy atom. The van der Waals surface area contributed by atoms with Gasteiger partial charge >= 0.3 is 0 Å². The van der Waals surface area contributed by atoms with Gasteiger partial charge in [-0.2, -0.15) is 0 Å². The maximum Gasteiger partial charge on any atom is 0.260 e. The van der Waals surface area contributed by atoms with Crippen molar-refractivity contribution in [2.45, 2.75) is 70.3 Å². The number of aliphatic imine (C=N–C) groups is 1. The highest BCUT2D eigenvalue weighted by Crippen LogP contribution is 2.38. The van der Waals surface area contributed by atoms with Crippen LogP contribution in [-0.2, 0) is 15.1 Å². The average molecular weight is 533 g/mol. The minimum Gasteiger partial charge on any atom is -0.326 e. The van der Waals surface area contributed by atoms with Gasteiger partial charge in [0.15, 0.2) is 5.54 Å². The fraction of sp³-hybridized carbons (Fsp3) is 0.469. The average Bonchev–Trinajstić information content (AvgIpc) is 3.18. The van der Waals surface area contributed by atoms with Crippen molar-refractivity contribution in [1.82, 2.24) is 9.80 Å². The number of amidine groups is 1. The predicted molar refractivity (Wildman–Crippen MR) is 155 cm³/mol. The molecule has 7 heteroatoms. The fourth-order valence-corrected chi connectivity index (χ4v) is 5.87. The van der Waals surface area contributed by atoms with Crippen LogP contribution in [0.2, 0.25) is 0 Å². The van der Waals surface area contributed by atoms with E-state index in [1.54, 1.807) is 18.2 Å². The van der Waals surface area contributed by atoms with Gasteiger partial charge in [0.05, 0.1) is 0 Å². The maximum atomic E-state index is 13.6. The molecule has 2 aliphatic heterocycles. The first-order valence-electron chi connectivity index (χ1n) is 14.2. The molecule has 2 aromatic rings. The number of hydrogen-bond acceptors (Lipinski definition) is 4. The molecule has 0 radical (unpaired) electrons. The summed E-state index contributed by atoms with van der Waals surface area (Å²) in [5.74, 6) is 0.932. The van der Waals surface area contributed by atoms with Crippen molar-refractivity contribution in [3.63, 3.8) is 0 Å². The van der Waals surface area contributed by atoms with Crippen LogP contribution < -0.4 is 5.32 Å². The highest BCUT2D eigenvalue weighted by atomic mass is 19.1. The number of nitrogens with zero attached hydrogens (tertiary/aromatic N) is 3. The van der Waals surface area contributed by atoms with Gasteiger partial charge in [-0.05, 0) is 100.0 Å². The zero-order valence-corrected chi connectivity index (χ0v) is 23.3. The van der Waals surface area contributed by atoms with Crippen molar-refractivity contribution in [1.29, 1.82) is 0 Å². The number of carbonyl (C=O) groups is 2. The van der Waals surface area contributed by atoms with E-state index >= 15 is 0 Å². The minimum absolute atomic E-state index is 0.00336. The number of rotatable bonds is 12. The summed E-state index contributed by atoms with van der Waals surface area (Å²) in [4.78, 5) is 34.8. The molecular weight excluding hydrogens is 491 g/mol. The third-order valence-electron chi connectivity index (χ3n) is 7.94. The molecule has 2 aliphatic rings. The van der Waals surface area contributed by atoms with E-state index in [2.05, 4.69) is 28.9 Å². The number of hydrogen-bond donors (Lipinski definition) is 1. The van der Waals surface area contributed by atoms with Crippen LogP contribution in [0, 0.1) is 5.82 Å². The van der Waals surface area contributed by atoms with E-state index in [0.717, 1.165) is 62.4 Å². The van der Waals surface area contributed by atoms with E-state index in [1.165, 1.54) is 17.7 Å². The molecule has 1 fully saturated rings. The highest BCUT2D eigenvalue weighted by molar-refractivity contribution is 6.07. The van der Waals surface area contributed by atoms with E-state index in [1.807, 2.05) is 30.9 Å². The topological polar surface area (TPSA) is 65.0 Å². The maximum absolute atomic E-state index is 13.6. The van der Waals surface area contributed by atoms with Crippen molar-refractivity contribution in [3.05, 3.63) is 78.1 Å². The summed E-state index contributed by atoms with van der Waals surface area (Å²) in [5.41, 5.74) is 1.96. The molecule has 208 valence electrons. The van der Waals surface area contributed by atoms with E-state index in [9.17, 15) is 14.0 Å². The molecular formula is C32H41FN4O2.